The Labute approximate surface area is 328 Å². The van der Waals surface area contributed by atoms with E-state index < -0.39 is 42.4 Å². The largest absolute Gasteiger partial charge is 0.493 e. The number of ether oxygens (including phenoxy) is 3. The van der Waals surface area contributed by atoms with Crippen molar-refractivity contribution in [3.05, 3.63) is 130 Å². The first-order valence-corrected chi connectivity index (χ1v) is 18.3. The quantitative estimate of drug-likeness (QED) is 0.109. The van der Waals surface area contributed by atoms with Gasteiger partial charge in [0.1, 0.15) is 36.0 Å². The maximum Gasteiger partial charge on any atom is 0.275 e. The summed E-state index contributed by atoms with van der Waals surface area (Å²) in [6.45, 7) is 12.7. The molecular weight excluding hydrogens is 742 g/mol. The van der Waals surface area contributed by atoms with Gasteiger partial charge >= 0.3 is 0 Å². The van der Waals surface area contributed by atoms with Crippen LogP contribution in [0.25, 0.3) is 10.8 Å². The van der Waals surface area contributed by atoms with Gasteiger partial charge < -0.3 is 25.3 Å². The van der Waals surface area contributed by atoms with E-state index in [1.54, 1.807) is 24.3 Å². The molecule has 1 unspecified atom stereocenters. The van der Waals surface area contributed by atoms with Crippen LogP contribution in [0.5, 0.6) is 17.2 Å². The van der Waals surface area contributed by atoms with E-state index in [2.05, 4.69) is 34.6 Å². The molecule has 0 radical (unpaired) electrons. The highest BCUT2D eigenvalue weighted by Crippen LogP contribution is 2.39. The number of hydrogen-bond acceptors (Lipinski definition) is 9. The standard InChI is InChI=1S/C42H43ClF2N6O5/c1-6-7-32(50-27(3)47)25-56-33-11-9-30(10-12-33)41(4,5)31-20-28(23-46)38(36(43)22-31)55-19-17-42(44,45)16-18-54-34-13-14-35-29(21-34)24-48-51(40(35)53)37-15-8-26(2)49-39(37)52/h6-7,9-14,20-22,24,37H,2-3,8,15-19,25,47H2,1,4-5H3,(H,49,52)/b7-6-,50-32+. The molecule has 0 bridgehead atoms. The van der Waals surface area contributed by atoms with Crippen LogP contribution in [0.2, 0.25) is 5.02 Å². The number of fused-ring (bicyclic) bond motifs is 1. The fraction of sp³-hybridized carbons (Fsp3) is 0.310. The minimum absolute atomic E-state index is 0.0293. The molecule has 1 amide bonds. The highest BCUT2D eigenvalue weighted by atomic mass is 35.5. The number of hydrogen-bond donors (Lipinski definition) is 2. The zero-order valence-electron chi connectivity index (χ0n) is 31.4. The summed E-state index contributed by atoms with van der Waals surface area (Å²) < 4.78 is 48.1. The summed E-state index contributed by atoms with van der Waals surface area (Å²) in [7, 11) is 0. The number of benzene rings is 3. The maximum atomic E-state index is 14.9. The van der Waals surface area contributed by atoms with Gasteiger partial charge in [-0.05, 0) is 79.4 Å². The highest BCUT2D eigenvalue weighted by molar-refractivity contribution is 6.32. The third kappa shape index (κ3) is 9.99. The summed E-state index contributed by atoms with van der Waals surface area (Å²) >= 11 is 6.60. The summed E-state index contributed by atoms with van der Waals surface area (Å²) in [4.78, 5) is 29.6. The van der Waals surface area contributed by atoms with Crippen LogP contribution >= 0.6 is 11.6 Å². The molecule has 0 saturated carbocycles. The Morgan fingerprint density at radius 2 is 1.79 bits per heavy atom. The topological polar surface area (TPSA) is 154 Å². The Morgan fingerprint density at radius 1 is 1.09 bits per heavy atom. The van der Waals surface area contributed by atoms with E-state index in [9.17, 15) is 23.6 Å². The van der Waals surface area contributed by atoms with Gasteiger partial charge in [-0.3, -0.25) is 9.59 Å². The molecule has 56 heavy (non-hydrogen) atoms. The van der Waals surface area contributed by atoms with Crippen molar-refractivity contribution in [3.63, 3.8) is 0 Å². The second-order valence-electron chi connectivity index (χ2n) is 13.8. The summed E-state index contributed by atoms with van der Waals surface area (Å²) in [6.07, 6.45) is 4.73. The van der Waals surface area contributed by atoms with Gasteiger partial charge in [-0.25, -0.2) is 18.5 Å². The molecule has 0 aliphatic carbocycles. The third-order valence-corrected chi connectivity index (χ3v) is 9.63. The molecule has 4 aromatic rings. The van der Waals surface area contributed by atoms with Gasteiger partial charge in [0.2, 0.25) is 5.91 Å². The van der Waals surface area contributed by atoms with Crippen molar-refractivity contribution in [2.75, 3.05) is 19.8 Å². The van der Waals surface area contributed by atoms with Crippen LogP contribution in [0.15, 0.2) is 107 Å². The van der Waals surface area contributed by atoms with E-state index in [1.807, 2.05) is 51.1 Å². The van der Waals surface area contributed by atoms with Gasteiger partial charge in [0.05, 0.1) is 41.1 Å². The fourth-order valence-electron chi connectivity index (χ4n) is 6.17. The van der Waals surface area contributed by atoms with Crippen molar-refractivity contribution in [3.8, 4) is 23.3 Å². The molecule has 11 nitrogen and oxygen atoms in total. The number of nitrogens with one attached hydrogen (secondary N) is 1. The lowest BCUT2D eigenvalue weighted by atomic mass is 9.77. The predicted octanol–water partition coefficient (Wildman–Crippen LogP) is 7.91. The van der Waals surface area contributed by atoms with E-state index in [0.29, 0.717) is 40.8 Å². The Kier molecular flexibility index (Phi) is 13.0. The van der Waals surface area contributed by atoms with Crippen molar-refractivity contribution < 1.29 is 27.8 Å². The van der Waals surface area contributed by atoms with Crippen molar-refractivity contribution in [1.82, 2.24) is 15.1 Å². The Morgan fingerprint density at radius 3 is 2.45 bits per heavy atom. The van der Waals surface area contributed by atoms with Crippen molar-refractivity contribution in [1.29, 1.82) is 5.26 Å². The zero-order valence-corrected chi connectivity index (χ0v) is 32.2. The number of carbonyl (C=O) groups excluding carboxylic acids is 1. The molecular formula is C42H43ClF2N6O5. The Balaban J connectivity index is 1.16. The highest BCUT2D eigenvalue weighted by Gasteiger charge is 2.31. The molecule has 5 rings (SSSR count). The van der Waals surface area contributed by atoms with Gasteiger partial charge in [-0.2, -0.15) is 10.4 Å². The van der Waals surface area contributed by atoms with Crippen molar-refractivity contribution >= 4 is 34.0 Å². The van der Waals surface area contributed by atoms with Crippen LogP contribution in [0, 0.1) is 11.3 Å². The number of piperidine rings is 1. The molecule has 3 N–H and O–H groups in total. The molecule has 292 valence electrons. The predicted molar refractivity (Wildman–Crippen MR) is 213 cm³/mol. The Bertz CT molecular complexity index is 2300. The molecule has 0 spiro atoms. The van der Waals surface area contributed by atoms with E-state index in [-0.39, 0.29) is 47.0 Å². The number of alkyl halides is 2. The molecule has 1 aliphatic rings. The number of aromatic nitrogens is 2. The second-order valence-corrected chi connectivity index (χ2v) is 14.2. The molecule has 2 heterocycles. The average molecular weight is 785 g/mol. The lowest BCUT2D eigenvalue weighted by Crippen LogP contribution is -2.41. The number of aliphatic imine (C=N–C) groups is 1. The van der Waals surface area contributed by atoms with Gasteiger partial charge in [0, 0.05) is 29.3 Å². The second kappa shape index (κ2) is 17.6. The fourth-order valence-corrected chi connectivity index (χ4v) is 6.44. The number of nitrogens with zero attached hydrogens (tertiary/aromatic N) is 4. The number of rotatable bonds is 16. The summed E-state index contributed by atoms with van der Waals surface area (Å²) in [5.41, 5.74) is 7.54. The van der Waals surface area contributed by atoms with Crippen LogP contribution in [0.4, 0.5) is 8.78 Å². The van der Waals surface area contributed by atoms with Crippen LogP contribution in [0.1, 0.15) is 69.2 Å². The lowest BCUT2D eigenvalue weighted by Gasteiger charge is -2.27. The molecule has 1 saturated heterocycles. The maximum absolute atomic E-state index is 14.9. The van der Waals surface area contributed by atoms with Gasteiger partial charge in [0.15, 0.2) is 5.75 Å². The summed E-state index contributed by atoms with van der Waals surface area (Å²) in [6, 6.07) is 16.7. The average Bonchev–Trinajstić information content (AvgIpc) is 3.14. The lowest BCUT2D eigenvalue weighted by molar-refractivity contribution is -0.125. The summed E-state index contributed by atoms with van der Waals surface area (Å²) in [5, 5.41) is 17.7. The van der Waals surface area contributed by atoms with E-state index in [4.69, 9.17) is 31.5 Å². The SMILES string of the molecule is C=C(N)/N=C(\C=C/C)COc1ccc(C(C)(C)c2cc(Cl)c(OCCC(F)(F)CCOc3ccc4c(=O)n(C5CCC(=C)NC5=O)ncc4c3)c(C#N)c2)cc1. The first kappa shape index (κ1) is 41.2. The number of carbonyl (C=O) groups is 1. The first-order valence-electron chi connectivity index (χ1n) is 17.9. The molecule has 3 aromatic carbocycles. The first-order chi connectivity index (χ1) is 26.6. The van der Waals surface area contributed by atoms with Gasteiger partial charge in [-0.15, -0.1) is 0 Å². The minimum Gasteiger partial charge on any atom is -0.493 e. The minimum atomic E-state index is -3.16. The summed E-state index contributed by atoms with van der Waals surface area (Å²) in [5.74, 6) is -2.40. The smallest absolute Gasteiger partial charge is 0.275 e. The van der Waals surface area contributed by atoms with Crippen molar-refractivity contribution in [2.45, 2.75) is 63.8 Å². The van der Waals surface area contributed by atoms with Crippen molar-refractivity contribution in [2.24, 2.45) is 10.7 Å². The van der Waals surface area contributed by atoms with E-state index in [0.717, 1.165) is 15.8 Å². The monoisotopic (exact) mass is 784 g/mol. The number of nitriles is 1. The number of amides is 1. The van der Waals surface area contributed by atoms with Gasteiger partial charge in [0.25, 0.3) is 11.5 Å². The molecule has 1 aliphatic heterocycles. The van der Waals surface area contributed by atoms with E-state index >= 15 is 0 Å². The number of halogens is 3. The van der Waals surface area contributed by atoms with Crippen LogP contribution < -0.4 is 30.8 Å². The third-order valence-electron chi connectivity index (χ3n) is 9.35. The molecule has 1 aromatic heterocycles. The van der Waals surface area contributed by atoms with Crippen LogP contribution in [0.3, 0.4) is 0 Å². The zero-order chi connectivity index (χ0) is 40.6. The Hall–Kier alpha value is -6.00. The number of allylic oxidation sites excluding steroid dienone is 2. The van der Waals surface area contributed by atoms with E-state index in [1.165, 1.54) is 18.3 Å². The molecule has 14 heteroatoms. The molecule has 1 atom stereocenters. The molecule has 1 fully saturated rings. The van der Waals surface area contributed by atoms with Crippen LogP contribution in [-0.2, 0) is 10.2 Å². The van der Waals surface area contributed by atoms with Gasteiger partial charge in [-0.1, -0.05) is 56.8 Å². The van der Waals surface area contributed by atoms with Crippen LogP contribution in [-0.4, -0.2) is 47.1 Å². The number of nitrogens with two attached hydrogens (primary N) is 1. The normalized spacial score (nSPS) is 15.1.